The molecule has 2 N–H and O–H groups in total. The molecule has 0 unspecified atom stereocenters. The van der Waals surface area contributed by atoms with Gasteiger partial charge in [-0.15, -0.1) is 5.10 Å². The highest BCUT2D eigenvalue weighted by atomic mass is 79.9. The number of hydrogen-bond donors (Lipinski definition) is 2. The van der Waals surface area contributed by atoms with E-state index in [0.717, 1.165) is 5.56 Å². The van der Waals surface area contributed by atoms with Crippen molar-refractivity contribution >= 4 is 50.7 Å². The predicted octanol–water partition coefficient (Wildman–Crippen LogP) is 2.09. The number of rotatable bonds is 6. The maximum absolute atomic E-state index is 15.2. The number of carbonyl (C=O) groups is 4. The number of aliphatic hydroxyl groups excluding tert-OH is 1. The van der Waals surface area contributed by atoms with Crippen molar-refractivity contribution in [3.63, 3.8) is 0 Å². The number of hydrogen-bond acceptors (Lipinski definition) is 9. The summed E-state index contributed by atoms with van der Waals surface area (Å²) in [5.41, 5.74) is 0.710. The number of para-hydroxylation sites is 1. The first-order valence-electron chi connectivity index (χ1n) is 16.4. The fourth-order valence-electron chi connectivity index (χ4n) is 7.51. The summed E-state index contributed by atoms with van der Waals surface area (Å²) < 4.78 is 14.6. The van der Waals surface area contributed by atoms with Crippen LogP contribution in [0.2, 0.25) is 0 Å². The zero-order valence-corrected chi connectivity index (χ0v) is 28.4. The Morgan fingerprint density at radius 1 is 1.06 bits per heavy atom. The van der Waals surface area contributed by atoms with E-state index in [-0.39, 0.29) is 38.5 Å². The molecule has 4 aliphatic rings. The molecule has 2 saturated heterocycles. The minimum Gasteiger partial charge on any atom is -0.460 e. The highest BCUT2D eigenvalue weighted by Crippen LogP contribution is 2.59. The molecule has 3 amide bonds. The second-order valence-corrected chi connectivity index (χ2v) is 13.9. The van der Waals surface area contributed by atoms with Crippen LogP contribution in [-0.2, 0) is 41.7 Å². The van der Waals surface area contributed by atoms with Crippen LogP contribution in [0.4, 0.5) is 0 Å². The molecular weight excluding hydrogens is 696 g/mol. The van der Waals surface area contributed by atoms with Crippen molar-refractivity contribution in [1.29, 1.82) is 0 Å². The molecule has 2 aromatic carbocycles. The number of nitrogens with one attached hydrogen (secondary N) is 1. The van der Waals surface area contributed by atoms with Gasteiger partial charge in [-0.2, -0.15) is 0 Å². The standard InChI is InChI=1S/C35H37BrN6O7/c1-21-18-37-27(44)14-6-3-9-15-40(20-41-26-13-8-7-12-25(26)38-39-41)33(46)31-35-17-24(36)30(49-35)28(34(47)48-21)29(35)32(45)42(31)23(19-43)16-22-10-4-2-5-11-22/h2-5,7-13,17,21,23,28-31,43H,6,14-16,18-20H2,1H3,(H,37,44)/b9-3-/t21-,23-,28+,29-,30+,31+,35-/m1/s1. The number of fused-ring (bicyclic) bond motifs is 3. The smallest absolute Gasteiger partial charge is 0.313 e. The molecule has 1 aromatic heterocycles. The van der Waals surface area contributed by atoms with Crippen LogP contribution in [0.1, 0.15) is 25.3 Å². The van der Waals surface area contributed by atoms with Crippen LogP contribution in [0.15, 0.2) is 77.3 Å². The van der Waals surface area contributed by atoms with Gasteiger partial charge < -0.3 is 29.7 Å². The molecule has 0 radical (unpaired) electrons. The number of amides is 3. The van der Waals surface area contributed by atoms with Crippen molar-refractivity contribution < 1.29 is 33.8 Å². The summed E-state index contributed by atoms with van der Waals surface area (Å²) in [7, 11) is 0. The van der Waals surface area contributed by atoms with E-state index in [0.29, 0.717) is 21.9 Å². The molecule has 5 heterocycles. The first kappa shape index (κ1) is 33.1. The van der Waals surface area contributed by atoms with Gasteiger partial charge in [0.1, 0.15) is 42.0 Å². The van der Waals surface area contributed by atoms with Crippen molar-refractivity contribution in [3.8, 4) is 0 Å². The van der Waals surface area contributed by atoms with Crippen LogP contribution in [-0.4, -0.2) is 103 Å². The summed E-state index contributed by atoms with van der Waals surface area (Å²) in [6, 6.07) is 14.8. The van der Waals surface area contributed by atoms with Gasteiger partial charge in [0.2, 0.25) is 11.8 Å². The van der Waals surface area contributed by atoms with Crippen LogP contribution >= 0.6 is 15.9 Å². The molecule has 4 aliphatic heterocycles. The molecule has 2 fully saturated rings. The fraction of sp³-hybridized carbons (Fsp3) is 0.429. The summed E-state index contributed by atoms with van der Waals surface area (Å²) >= 11 is 3.57. The van der Waals surface area contributed by atoms with E-state index in [1.165, 1.54) is 4.90 Å². The summed E-state index contributed by atoms with van der Waals surface area (Å²) in [6.45, 7) is 1.45. The summed E-state index contributed by atoms with van der Waals surface area (Å²) in [5.74, 6) is -3.95. The number of halogens is 1. The Hall–Kier alpha value is -4.40. The van der Waals surface area contributed by atoms with Crippen molar-refractivity contribution in [3.05, 3.63) is 82.9 Å². The summed E-state index contributed by atoms with van der Waals surface area (Å²) in [6.07, 6.45) is 4.74. The third-order valence-corrected chi connectivity index (χ3v) is 10.4. The molecular formula is C35H37BrN6O7. The quantitative estimate of drug-likeness (QED) is 0.286. The zero-order chi connectivity index (χ0) is 34.3. The van der Waals surface area contributed by atoms with Crippen molar-refractivity contribution in [2.24, 2.45) is 11.8 Å². The highest BCUT2D eigenvalue weighted by molar-refractivity contribution is 9.11. The van der Waals surface area contributed by atoms with Gasteiger partial charge >= 0.3 is 5.97 Å². The van der Waals surface area contributed by atoms with Gasteiger partial charge in [0.15, 0.2) is 0 Å². The maximum atomic E-state index is 15.2. The van der Waals surface area contributed by atoms with Crippen molar-refractivity contribution in [2.45, 2.75) is 62.7 Å². The number of carbonyl (C=O) groups excluding carboxylic acids is 4. The van der Waals surface area contributed by atoms with E-state index >= 15 is 4.79 Å². The lowest BCUT2D eigenvalue weighted by molar-refractivity contribution is -0.159. The Kier molecular flexibility index (Phi) is 9.11. The molecule has 256 valence electrons. The molecule has 3 aromatic rings. The molecule has 14 heteroatoms. The lowest BCUT2D eigenvalue weighted by atomic mass is 9.74. The Labute approximate surface area is 291 Å². The van der Waals surface area contributed by atoms with E-state index < -0.39 is 66.1 Å². The topological polar surface area (TPSA) is 156 Å². The average molecular weight is 734 g/mol. The zero-order valence-electron chi connectivity index (χ0n) is 26.9. The highest BCUT2D eigenvalue weighted by Gasteiger charge is 2.75. The van der Waals surface area contributed by atoms with Gasteiger partial charge in [-0.1, -0.05) is 75.8 Å². The minimum absolute atomic E-state index is 0.0107. The molecule has 13 nitrogen and oxygen atoms in total. The first-order chi connectivity index (χ1) is 23.7. The number of cyclic esters (lactones) is 1. The number of ether oxygens (including phenoxy) is 2. The van der Waals surface area contributed by atoms with Crippen LogP contribution in [0.3, 0.4) is 0 Å². The van der Waals surface area contributed by atoms with Crippen LogP contribution < -0.4 is 5.32 Å². The van der Waals surface area contributed by atoms with E-state index in [2.05, 4.69) is 31.6 Å². The van der Waals surface area contributed by atoms with E-state index in [1.807, 2.05) is 66.7 Å². The minimum atomic E-state index is -1.52. The van der Waals surface area contributed by atoms with Crippen LogP contribution in [0, 0.1) is 11.8 Å². The largest absolute Gasteiger partial charge is 0.460 e. The second kappa shape index (κ2) is 13.5. The third-order valence-electron chi connectivity index (χ3n) is 9.76. The van der Waals surface area contributed by atoms with Crippen LogP contribution in [0.5, 0.6) is 0 Å². The third kappa shape index (κ3) is 5.95. The van der Waals surface area contributed by atoms with Gasteiger partial charge in [0, 0.05) is 17.4 Å². The predicted molar refractivity (Wildman–Crippen MR) is 179 cm³/mol. The van der Waals surface area contributed by atoms with E-state index in [9.17, 15) is 19.5 Å². The van der Waals surface area contributed by atoms with Crippen molar-refractivity contribution in [2.75, 3.05) is 19.7 Å². The average Bonchev–Trinajstić information content (AvgIpc) is 3.82. The van der Waals surface area contributed by atoms with Gasteiger partial charge in [-0.05, 0) is 43.5 Å². The number of aromatic nitrogens is 3. The van der Waals surface area contributed by atoms with Crippen molar-refractivity contribution in [1.82, 2.24) is 30.1 Å². The number of allylic oxidation sites excluding steroid dienone is 1. The molecule has 7 rings (SSSR count). The lowest BCUT2D eigenvalue weighted by Gasteiger charge is -2.38. The SMILES string of the molecule is C[C@@H]1CNC(=O)CC/C=C\CN(Cn2nnc3ccccc32)C(=O)[C@@H]2N([C@@H](CO)Cc3ccccc3)C(=O)[C@H]3[C@H](C(=O)O1)[C@H]1O[C@@]23C=C1Br. The monoisotopic (exact) mass is 732 g/mol. The van der Waals surface area contributed by atoms with E-state index in [1.54, 1.807) is 22.6 Å². The van der Waals surface area contributed by atoms with Gasteiger partial charge in [-0.25, -0.2) is 4.68 Å². The summed E-state index contributed by atoms with van der Waals surface area (Å²) in [5, 5.41) is 22.2. The Balaban J connectivity index is 1.34. The molecule has 1 spiro atoms. The Morgan fingerprint density at radius 3 is 2.63 bits per heavy atom. The number of esters is 1. The first-order valence-corrected chi connectivity index (χ1v) is 17.2. The molecule has 0 aliphatic carbocycles. The number of nitrogens with zero attached hydrogens (tertiary/aromatic N) is 5. The lowest BCUT2D eigenvalue weighted by Crippen LogP contribution is -2.59. The fourth-order valence-corrected chi connectivity index (χ4v) is 8.24. The molecule has 5 bridgehead atoms. The van der Waals surface area contributed by atoms with Gasteiger partial charge in [-0.3, -0.25) is 19.2 Å². The number of likely N-dealkylation sites (tertiary alicyclic amines) is 1. The second-order valence-electron chi connectivity index (χ2n) is 12.9. The van der Waals surface area contributed by atoms with Gasteiger partial charge in [0.25, 0.3) is 5.91 Å². The Bertz CT molecular complexity index is 1830. The normalized spacial score (nSPS) is 30.3. The summed E-state index contributed by atoms with van der Waals surface area (Å²) in [4.78, 5) is 59.3. The number of benzene rings is 2. The van der Waals surface area contributed by atoms with Gasteiger partial charge in [0.05, 0.1) is 30.6 Å². The van der Waals surface area contributed by atoms with Crippen LogP contribution in [0.25, 0.3) is 11.0 Å². The van der Waals surface area contributed by atoms with E-state index in [4.69, 9.17) is 9.47 Å². The molecule has 49 heavy (non-hydrogen) atoms. The maximum Gasteiger partial charge on any atom is 0.313 e. The molecule has 0 saturated carbocycles. The number of aliphatic hydroxyl groups is 1. The molecule has 7 atom stereocenters. The Morgan fingerprint density at radius 2 is 1.84 bits per heavy atom.